The number of hydrogen-bond donors (Lipinski definition) is 1. The second-order valence-electron chi connectivity index (χ2n) is 8.00. The monoisotopic (exact) mass is 498 g/mol. The number of Topliss-reactive ketones (excluding diaryl/α,β-unsaturated/α-hetero) is 1. The molecule has 35 heavy (non-hydrogen) atoms. The first-order valence-electron chi connectivity index (χ1n) is 10.6. The molecule has 1 aliphatic carbocycles. The van der Waals surface area contributed by atoms with Gasteiger partial charge in [-0.15, -0.1) is 0 Å². The van der Waals surface area contributed by atoms with Crippen LogP contribution in [0.2, 0.25) is 0 Å². The minimum Gasteiger partial charge on any atom is -0.481 e. The normalized spacial score (nSPS) is 15.6. The van der Waals surface area contributed by atoms with E-state index in [1.165, 1.54) is 12.1 Å². The van der Waals surface area contributed by atoms with E-state index in [-0.39, 0.29) is 30.0 Å². The maximum atomic E-state index is 13.1. The summed E-state index contributed by atoms with van der Waals surface area (Å²) in [6, 6.07) is 5.90. The second-order valence-corrected chi connectivity index (χ2v) is 8.00. The lowest BCUT2D eigenvalue weighted by molar-refractivity contribution is -0.143. The van der Waals surface area contributed by atoms with Gasteiger partial charge in [0.1, 0.15) is 0 Å². The summed E-state index contributed by atoms with van der Waals surface area (Å²) in [5.74, 6) is -1.36. The SMILES string of the molecule is O=C(O)CCCC/N=N/c1ccc2c(c1)CC/C(=C\c1cc(C(F)(F)F)cc(C(F)(F)F)c1)C2=O. The summed E-state index contributed by atoms with van der Waals surface area (Å²) in [7, 11) is 0. The summed E-state index contributed by atoms with van der Waals surface area (Å²) < 4.78 is 78.7. The van der Waals surface area contributed by atoms with Gasteiger partial charge in [0.05, 0.1) is 23.4 Å². The van der Waals surface area contributed by atoms with Crippen molar-refractivity contribution in [2.24, 2.45) is 10.2 Å². The highest BCUT2D eigenvalue weighted by molar-refractivity contribution is 6.13. The molecule has 0 bridgehead atoms. The summed E-state index contributed by atoms with van der Waals surface area (Å²) >= 11 is 0. The number of aliphatic carboxylic acids is 1. The van der Waals surface area contributed by atoms with E-state index in [1.807, 2.05) is 0 Å². The minimum absolute atomic E-state index is 0.0439. The van der Waals surface area contributed by atoms with E-state index in [0.717, 1.165) is 6.08 Å². The zero-order valence-electron chi connectivity index (χ0n) is 18.2. The highest BCUT2D eigenvalue weighted by Crippen LogP contribution is 2.37. The van der Waals surface area contributed by atoms with Crippen LogP contribution in [0.5, 0.6) is 0 Å². The van der Waals surface area contributed by atoms with Gasteiger partial charge in [0.15, 0.2) is 5.78 Å². The molecule has 0 heterocycles. The van der Waals surface area contributed by atoms with Crippen LogP contribution in [0.4, 0.5) is 32.0 Å². The standard InChI is InChI=1S/C24H20F6N2O3/c25-23(26,27)17-10-14(11-18(13-17)24(28,29)30)9-16-5-4-15-12-19(6-7-20(15)22(16)35)32-31-8-2-1-3-21(33)34/h6-7,9-13H,1-5,8H2,(H,33,34)/b16-9+,32-31+. The average molecular weight is 498 g/mol. The zero-order chi connectivity index (χ0) is 25.8. The second kappa shape index (κ2) is 10.4. The van der Waals surface area contributed by atoms with Crippen molar-refractivity contribution in [3.05, 3.63) is 69.8 Å². The number of rotatable bonds is 7. The summed E-state index contributed by atoms with van der Waals surface area (Å²) in [4.78, 5) is 23.3. The first kappa shape index (κ1) is 26.1. The van der Waals surface area contributed by atoms with Gasteiger partial charge in [-0.2, -0.15) is 36.6 Å². The van der Waals surface area contributed by atoms with E-state index < -0.39 is 35.2 Å². The lowest BCUT2D eigenvalue weighted by atomic mass is 9.85. The van der Waals surface area contributed by atoms with Gasteiger partial charge in [0, 0.05) is 17.6 Å². The Morgan fingerprint density at radius 3 is 2.20 bits per heavy atom. The lowest BCUT2D eigenvalue weighted by Crippen LogP contribution is -2.14. The van der Waals surface area contributed by atoms with E-state index in [4.69, 9.17) is 5.11 Å². The molecule has 3 rings (SSSR count). The van der Waals surface area contributed by atoms with E-state index in [1.54, 1.807) is 6.07 Å². The van der Waals surface area contributed by atoms with Crippen LogP contribution in [0.15, 0.2) is 52.2 Å². The lowest BCUT2D eigenvalue weighted by Gasteiger charge is -2.18. The van der Waals surface area contributed by atoms with E-state index in [2.05, 4.69) is 10.2 Å². The number of fused-ring (bicyclic) bond motifs is 1. The van der Waals surface area contributed by atoms with Crippen molar-refractivity contribution in [1.29, 1.82) is 0 Å². The number of nitrogens with zero attached hydrogens (tertiary/aromatic N) is 2. The summed E-state index contributed by atoms with van der Waals surface area (Å²) in [5, 5.41) is 16.6. The molecule has 0 unspecified atom stereocenters. The van der Waals surface area contributed by atoms with Crippen molar-refractivity contribution in [3.63, 3.8) is 0 Å². The predicted molar refractivity (Wildman–Crippen MR) is 114 cm³/mol. The van der Waals surface area contributed by atoms with Gasteiger partial charge in [-0.05, 0) is 79.3 Å². The molecule has 186 valence electrons. The third-order valence-corrected chi connectivity index (χ3v) is 5.32. The van der Waals surface area contributed by atoms with Crippen molar-refractivity contribution < 1.29 is 41.0 Å². The summed E-state index contributed by atoms with van der Waals surface area (Å²) in [6.45, 7) is 0.340. The zero-order valence-corrected chi connectivity index (χ0v) is 18.2. The molecular formula is C24H20F6N2O3. The number of unbranched alkanes of at least 4 members (excludes halogenated alkanes) is 1. The van der Waals surface area contributed by atoms with Crippen LogP contribution in [0.3, 0.4) is 0 Å². The molecule has 0 fully saturated rings. The van der Waals surface area contributed by atoms with Gasteiger partial charge in [0.2, 0.25) is 0 Å². The Balaban J connectivity index is 1.80. The molecule has 2 aromatic carbocycles. The van der Waals surface area contributed by atoms with Crippen LogP contribution in [-0.2, 0) is 23.6 Å². The number of azo groups is 1. The van der Waals surface area contributed by atoms with Crippen LogP contribution in [0, 0.1) is 0 Å². The van der Waals surface area contributed by atoms with Crippen molar-refractivity contribution in [2.45, 2.75) is 44.5 Å². The van der Waals surface area contributed by atoms with E-state index in [9.17, 15) is 35.9 Å². The van der Waals surface area contributed by atoms with Crippen LogP contribution in [0.1, 0.15) is 58.3 Å². The number of allylic oxidation sites excluding steroid dienone is 1. The fourth-order valence-electron chi connectivity index (χ4n) is 3.62. The van der Waals surface area contributed by atoms with Gasteiger partial charge in [0.25, 0.3) is 0 Å². The fraction of sp³-hybridized carbons (Fsp3) is 0.333. The molecule has 11 heteroatoms. The third-order valence-electron chi connectivity index (χ3n) is 5.32. The number of ketones is 1. The number of carbonyl (C=O) groups excluding carboxylic acids is 1. The summed E-state index contributed by atoms with van der Waals surface area (Å²) in [6.07, 6.45) is -7.32. The number of carbonyl (C=O) groups is 2. The Hall–Kier alpha value is -3.50. The minimum atomic E-state index is -4.97. The van der Waals surface area contributed by atoms with Crippen LogP contribution < -0.4 is 0 Å². The molecule has 5 nitrogen and oxygen atoms in total. The molecule has 0 saturated heterocycles. The maximum absolute atomic E-state index is 13.1. The number of carboxylic acid groups (broad SMARTS) is 1. The van der Waals surface area contributed by atoms with E-state index in [0.29, 0.717) is 54.8 Å². The van der Waals surface area contributed by atoms with Crippen molar-refractivity contribution in [3.8, 4) is 0 Å². The quantitative estimate of drug-likeness (QED) is 0.189. The number of aryl methyl sites for hydroxylation is 1. The molecule has 0 saturated carbocycles. The number of halogens is 6. The van der Waals surface area contributed by atoms with Crippen LogP contribution in [0.25, 0.3) is 6.08 Å². The largest absolute Gasteiger partial charge is 0.481 e. The van der Waals surface area contributed by atoms with Crippen LogP contribution in [-0.4, -0.2) is 23.4 Å². The smallest absolute Gasteiger partial charge is 0.416 e. The first-order valence-corrected chi connectivity index (χ1v) is 10.6. The molecular weight excluding hydrogens is 478 g/mol. The average Bonchev–Trinajstić information content (AvgIpc) is 2.76. The molecule has 1 aliphatic rings. The molecule has 0 amide bonds. The van der Waals surface area contributed by atoms with Crippen LogP contribution >= 0.6 is 0 Å². The third kappa shape index (κ3) is 7.00. The summed E-state index contributed by atoms with van der Waals surface area (Å²) in [5.41, 5.74) is -1.71. The van der Waals surface area contributed by atoms with Crippen molar-refractivity contribution in [1.82, 2.24) is 0 Å². The van der Waals surface area contributed by atoms with E-state index >= 15 is 0 Å². The molecule has 2 aromatic rings. The Morgan fingerprint density at radius 1 is 0.943 bits per heavy atom. The first-order chi connectivity index (χ1) is 16.3. The van der Waals surface area contributed by atoms with Gasteiger partial charge in [-0.25, -0.2) is 0 Å². The maximum Gasteiger partial charge on any atom is 0.416 e. The van der Waals surface area contributed by atoms with Gasteiger partial charge < -0.3 is 5.11 Å². The van der Waals surface area contributed by atoms with Gasteiger partial charge in [-0.3, -0.25) is 9.59 Å². The molecule has 0 radical (unpaired) electrons. The molecule has 0 aliphatic heterocycles. The van der Waals surface area contributed by atoms with Crippen molar-refractivity contribution >= 4 is 23.5 Å². The topological polar surface area (TPSA) is 79.1 Å². The number of carboxylic acids is 1. The molecule has 1 N–H and O–H groups in total. The number of benzene rings is 2. The van der Waals surface area contributed by atoms with Crippen molar-refractivity contribution in [2.75, 3.05) is 6.54 Å². The Morgan fingerprint density at radius 2 is 1.60 bits per heavy atom. The Bertz CT molecular complexity index is 1150. The van der Waals surface area contributed by atoms with Gasteiger partial charge in [-0.1, -0.05) is 0 Å². The predicted octanol–water partition coefficient (Wildman–Crippen LogP) is 7.28. The fourth-order valence-corrected chi connectivity index (χ4v) is 3.62. The number of alkyl halides is 6. The highest BCUT2D eigenvalue weighted by atomic mass is 19.4. The Kier molecular flexibility index (Phi) is 7.76. The molecule has 0 atom stereocenters. The highest BCUT2D eigenvalue weighted by Gasteiger charge is 2.37. The van der Waals surface area contributed by atoms with Gasteiger partial charge >= 0.3 is 18.3 Å². The number of hydrogen-bond acceptors (Lipinski definition) is 4. The Labute approximate surface area is 196 Å². The molecule has 0 aromatic heterocycles. The molecule has 0 spiro atoms.